The van der Waals surface area contributed by atoms with Gasteiger partial charge in [-0.2, -0.15) is 31.8 Å². The van der Waals surface area contributed by atoms with E-state index in [-0.39, 0.29) is 38.3 Å². The Labute approximate surface area is 272 Å². The number of halogens is 1. The third kappa shape index (κ3) is 9.17. The summed E-state index contributed by atoms with van der Waals surface area (Å²) in [5.41, 5.74) is 10.5. The number of nitrogens with one attached hydrogen (secondary N) is 2. The van der Waals surface area contributed by atoms with E-state index < -0.39 is 41.7 Å². The normalized spacial score (nSPS) is 12.1. The Morgan fingerprint density at radius 3 is 2.35 bits per heavy atom. The molecule has 0 fully saturated rings. The molecule has 4 aromatic rings. The van der Waals surface area contributed by atoms with Crippen molar-refractivity contribution in [2.75, 3.05) is 22.9 Å². The molecular formula is C22H20ClN9O10S4. The first-order valence-corrected chi connectivity index (χ1v) is 17.0. The average molecular weight is 734 g/mol. The van der Waals surface area contributed by atoms with Crippen molar-refractivity contribution in [2.24, 2.45) is 21.7 Å². The van der Waals surface area contributed by atoms with E-state index in [1.165, 1.54) is 36.0 Å². The first kappa shape index (κ1) is 35.1. The Bertz CT molecular complexity index is 2050. The molecule has 46 heavy (non-hydrogen) atoms. The number of thioether (sulfide) groups is 1. The molecule has 0 radical (unpaired) electrons. The van der Waals surface area contributed by atoms with Gasteiger partial charge in [0.2, 0.25) is 11.2 Å². The van der Waals surface area contributed by atoms with Gasteiger partial charge in [0.05, 0.1) is 17.7 Å². The Balaban J connectivity index is 1.79. The number of carbonyl (C=O) groups is 1. The summed E-state index contributed by atoms with van der Waals surface area (Å²) < 4.78 is 72.9. The largest absolute Gasteiger partial charge is 0.351 e. The fourth-order valence-electron chi connectivity index (χ4n) is 3.69. The predicted octanol–water partition coefficient (Wildman–Crippen LogP) is 4.30. The van der Waals surface area contributed by atoms with Gasteiger partial charge >= 0.3 is 6.03 Å². The molecule has 19 nitrogen and oxygen atoms in total. The fraction of sp³-hybridized carbons (Fsp3) is 0.0909. The van der Waals surface area contributed by atoms with Gasteiger partial charge in [-0.25, -0.2) is 10.1 Å². The number of anilines is 3. The van der Waals surface area contributed by atoms with E-state index in [2.05, 4.69) is 45.2 Å². The summed E-state index contributed by atoms with van der Waals surface area (Å²) in [6, 6.07) is 7.12. The number of carbonyl (C=O) groups excluding carboxylic acids is 1. The number of primary amides is 1. The maximum absolute atomic E-state index is 12.3. The zero-order valence-corrected chi connectivity index (χ0v) is 26.6. The number of rotatable bonds is 13. The number of urea groups is 1. The van der Waals surface area contributed by atoms with Gasteiger partial charge in [-0.15, -0.1) is 14.6 Å². The van der Waals surface area contributed by atoms with Crippen molar-refractivity contribution < 1.29 is 45.4 Å². The Morgan fingerprint density at radius 2 is 1.70 bits per heavy atom. The van der Waals surface area contributed by atoms with Gasteiger partial charge in [0, 0.05) is 28.3 Å². The highest BCUT2D eigenvalue weighted by atomic mass is 35.5. The molecule has 0 saturated carbocycles. The number of benzene rings is 3. The lowest BCUT2D eigenvalue weighted by molar-refractivity contribution is -0.432. The van der Waals surface area contributed by atoms with Crippen LogP contribution < -0.4 is 22.1 Å². The van der Waals surface area contributed by atoms with Gasteiger partial charge in [-0.1, -0.05) is 16.8 Å². The van der Waals surface area contributed by atoms with Crippen molar-refractivity contribution in [1.82, 2.24) is 15.0 Å². The molecular weight excluding hydrogens is 714 g/mol. The quantitative estimate of drug-likeness (QED) is 0.0251. The van der Waals surface area contributed by atoms with E-state index in [0.717, 1.165) is 18.2 Å². The minimum Gasteiger partial charge on any atom is -0.351 e. The van der Waals surface area contributed by atoms with Crippen LogP contribution in [-0.4, -0.2) is 64.5 Å². The zero-order chi connectivity index (χ0) is 33.6. The molecule has 1 heterocycles. The second kappa shape index (κ2) is 14.8. The number of hydrogen-bond acceptors (Lipinski definition) is 17. The summed E-state index contributed by atoms with van der Waals surface area (Å²) in [6.07, 6.45) is 0. The fourth-order valence-corrected chi connectivity index (χ4v) is 6.40. The molecule has 3 aromatic carbocycles. The monoisotopic (exact) mass is 733 g/mol. The van der Waals surface area contributed by atoms with Crippen molar-refractivity contribution in [3.8, 4) is 0 Å². The Kier molecular flexibility index (Phi) is 11.3. The van der Waals surface area contributed by atoms with Crippen molar-refractivity contribution in [3.05, 3.63) is 47.7 Å². The molecule has 244 valence electrons. The molecule has 0 aliphatic carbocycles. The number of amides is 2. The SMILES string of the molecule is NCCSc1nc(Cl)nc(Nc2ccc(/N=N/c3cc4c(S(=O)(=O)O)cc(SOOO)cc4cc3S(=O)(=O)O)c(NC(N)=O)c2)n1. The lowest BCUT2D eigenvalue weighted by Gasteiger charge is -2.11. The number of hydrogen-bond donors (Lipinski definition) is 7. The van der Waals surface area contributed by atoms with Gasteiger partial charge in [0.1, 0.15) is 21.2 Å². The van der Waals surface area contributed by atoms with E-state index >= 15 is 0 Å². The second-order valence-electron chi connectivity index (χ2n) is 8.53. The van der Waals surface area contributed by atoms with Crippen LogP contribution in [0.15, 0.2) is 72.5 Å². The molecule has 4 rings (SSSR count). The van der Waals surface area contributed by atoms with Crippen LogP contribution in [0.25, 0.3) is 10.8 Å². The van der Waals surface area contributed by atoms with Crippen LogP contribution in [-0.2, 0) is 29.6 Å². The lowest BCUT2D eigenvalue weighted by atomic mass is 10.1. The van der Waals surface area contributed by atoms with Crippen LogP contribution in [0.1, 0.15) is 0 Å². The molecule has 0 atom stereocenters. The molecule has 1 aromatic heterocycles. The second-order valence-corrected chi connectivity index (χ2v) is 13.5. The molecule has 24 heteroatoms. The molecule has 9 N–H and O–H groups in total. The van der Waals surface area contributed by atoms with Crippen molar-refractivity contribution in [3.63, 3.8) is 0 Å². The first-order chi connectivity index (χ1) is 21.7. The van der Waals surface area contributed by atoms with Crippen molar-refractivity contribution in [1.29, 1.82) is 0 Å². The van der Waals surface area contributed by atoms with E-state index in [1.54, 1.807) is 0 Å². The summed E-state index contributed by atoms with van der Waals surface area (Å²) in [4.78, 5) is 22.4. The Morgan fingerprint density at radius 1 is 0.978 bits per heavy atom. The van der Waals surface area contributed by atoms with Gasteiger partial charge in [-0.05, 0) is 59.5 Å². The van der Waals surface area contributed by atoms with Crippen LogP contribution in [0.3, 0.4) is 0 Å². The number of nitrogens with zero attached hydrogens (tertiary/aromatic N) is 5. The smallest absolute Gasteiger partial charge is 0.316 e. The van der Waals surface area contributed by atoms with Gasteiger partial charge in [0.25, 0.3) is 20.2 Å². The molecule has 0 aliphatic rings. The topological polar surface area (TPSA) is 304 Å². The number of azo groups is 1. The van der Waals surface area contributed by atoms with E-state index in [0.29, 0.717) is 35.2 Å². The summed E-state index contributed by atoms with van der Waals surface area (Å²) in [7, 11) is -9.92. The molecule has 2 amide bonds. The summed E-state index contributed by atoms with van der Waals surface area (Å²) in [6.45, 7) is 0.373. The maximum atomic E-state index is 12.3. The van der Waals surface area contributed by atoms with Crippen molar-refractivity contribution in [2.45, 2.75) is 19.8 Å². The van der Waals surface area contributed by atoms with Crippen LogP contribution in [0.4, 0.5) is 33.5 Å². The van der Waals surface area contributed by atoms with Gasteiger partial charge < -0.3 is 22.1 Å². The van der Waals surface area contributed by atoms with E-state index in [1.807, 2.05) is 0 Å². The molecule has 0 aliphatic heterocycles. The van der Waals surface area contributed by atoms with E-state index in [9.17, 15) is 30.7 Å². The summed E-state index contributed by atoms with van der Waals surface area (Å²) >= 11 is 7.56. The third-order valence-corrected chi connectivity index (χ3v) is 8.78. The van der Waals surface area contributed by atoms with Crippen molar-refractivity contribution >= 4 is 101 Å². The number of aromatic nitrogens is 3. The summed E-state index contributed by atoms with van der Waals surface area (Å²) in [5.74, 6) is 0.578. The predicted molar refractivity (Wildman–Crippen MR) is 166 cm³/mol. The van der Waals surface area contributed by atoms with Crippen LogP contribution in [0, 0.1) is 0 Å². The minimum atomic E-state index is -5.00. The average Bonchev–Trinajstić information content (AvgIpc) is 2.96. The Hall–Kier alpha value is -3.75. The lowest BCUT2D eigenvalue weighted by Crippen LogP contribution is -2.19. The first-order valence-electron chi connectivity index (χ1n) is 12.0. The molecule has 0 bridgehead atoms. The maximum Gasteiger partial charge on any atom is 0.316 e. The van der Waals surface area contributed by atoms with E-state index in [4.69, 9.17) is 28.3 Å². The highest BCUT2D eigenvalue weighted by Crippen LogP contribution is 2.38. The zero-order valence-electron chi connectivity index (χ0n) is 22.6. The van der Waals surface area contributed by atoms with Crippen LogP contribution >= 0.6 is 35.4 Å². The molecule has 0 spiro atoms. The number of nitrogens with two attached hydrogens (primary N) is 2. The highest BCUT2D eigenvalue weighted by Gasteiger charge is 2.23. The number of fused-ring (bicyclic) bond motifs is 1. The highest BCUT2D eigenvalue weighted by molar-refractivity contribution is 7.99. The van der Waals surface area contributed by atoms with Gasteiger partial charge in [0.15, 0.2) is 5.16 Å². The van der Waals surface area contributed by atoms with Gasteiger partial charge in [-0.3, -0.25) is 9.11 Å². The van der Waals surface area contributed by atoms with Crippen LogP contribution in [0.5, 0.6) is 0 Å². The van der Waals surface area contributed by atoms with Crippen LogP contribution in [0.2, 0.25) is 5.28 Å². The molecule has 0 unspecified atom stereocenters. The third-order valence-electron chi connectivity index (χ3n) is 5.40. The molecule has 0 saturated heterocycles. The minimum absolute atomic E-state index is 0.0280. The summed E-state index contributed by atoms with van der Waals surface area (Å²) in [5, 5.41) is 24.8. The standard InChI is InChI=1S/C22H20ClN9O10S4/c23-19-28-21(30-22(29-19)43-4-3-24)26-11-1-2-14(15(7-11)27-20(25)33)31-32-16-9-13-10(6-18(16)46(38,39)40)5-12(44-42-41-34)8-17(13)45(35,36)37/h1-2,5-9,34H,3-4,24H2,(H3,25,27,33)(H,35,36,37)(H,38,39,40)(H,26,28,29,30)/b32-31+.